The first kappa shape index (κ1) is 14.4. The lowest BCUT2D eigenvalue weighted by Crippen LogP contribution is -2.88. The highest BCUT2D eigenvalue weighted by atomic mass is 16.1. The highest BCUT2D eigenvalue weighted by molar-refractivity contribution is 5.76. The maximum atomic E-state index is 12.0. The number of hydrogen-bond acceptors (Lipinski definition) is 1. The van der Waals surface area contributed by atoms with E-state index in [-0.39, 0.29) is 5.69 Å². The summed E-state index contributed by atoms with van der Waals surface area (Å²) in [6.45, 7) is 1.02. The van der Waals surface area contributed by atoms with Crippen LogP contribution in [0, 0.1) is 0 Å². The fourth-order valence-corrected chi connectivity index (χ4v) is 3.53. The van der Waals surface area contributed by atoms with Gasteiger partial charge in [-0.25, -0.2) is 4.79 Å². The van der Waals surface area contributed by atoms with Crippen LogP contribution in [0.4, 0.5) is 0 Å². The molecule has 1 fully saturated rings. The molecule has 0 spiro atoms. The second kappa shape index (κ2) is 6.06. The number of nitrogens with zero attached hydrogens (tertiary/aromatic N) is 2. The molecule has 1 saturated carbocycles. The highest BCUT2D eigenvalue weighted by Gasteiger charge is 2.15. The molecule has 0 aliphatic heterocycles. The number of rotatable bonds is 3. The van der Waals surface area contributed by atoms with Crippen LogP contribution in [0.2, 0.25) is 0 Å². The lowest BCUT2D eigenvalue weighted by atomic mass is 10.1. The minimum atomic E-state index is 0.0508. The Morgan fingerprint density at radius 3 is 2.43 bits per heavy atom. The van der Waals surface area contributed by atoms with Gasteiger partial charge in [0, 0.05) is 19.7 Å². The fourth-order valence-electron chi connectivity index (χ4n) is 3.53. The van der Waals surface area contributed by atoms with Gasteiger partial charge in [-0.05, 0) is 37.8 Å². The van der Waals surface area contributed by atoms with E-state index in [9.17, 15) is 4.79 Å². The lowest BCUT2D eigenvalue weighted by molar-refractivity contribution is -0.705. The summed E-state index contributed by atoms with van der Waals surface area (Å²) in [6.07, 6.45) is 8.28. The molecule has 1 heterocycles. The second-order valence-electron chi connectivity index (χ2n) is 6.42. The Bertz CT molecular complexity index is 675. The molecule has 0 radical (unpaired) electrons. The zero-order valence-corrected chi connectivity index (χ0v) is 13.1. The molecule has 1 aromatic carbocycles. The topological polar surface area (TPSA) is 43.5 Å². The van der Waals surface area contributed by atoms with Crippen LogP contribution in [-0.2, 0) is 20.6 Å². The Morgan fingerprint density at radius 1 is 1.05 bits per heavy atom. The average molecular weight is 288 g/mol. The molecule has 4 nitrogen and oxygen atoms in total. The molecule has 4 heteroatoms. The van der Waals surface area contributed by atoms with Crippen molar-refractivity contribution in [1.82, 2.24) is 9.13 Å². The number of hydrogen-bond donors (Lipinski definition) is 1. The molecule has 0 unspecified atom stereocenters. The Kier molecular flexibility index (Phi) is 4.15. The van der Waals surface area contributed by atoms with Gasteiger partial charge in [-0.1, -0.05) is 18.9 Å². The number of imidazole rings is 1. The minimum Gasteiger partial charge on any atom is -0.340 e. The summed E-state index contributed by atoms with van der Waals surface area (Å²) in [5.74, 6) is 0. The van der Waals surface area contributed by atoms with Crippen molar-refractivity contribution in [1.29, 1.82) is 0 Å². The molecule has 2 aromatic rings. The van der Waals surface area contributed by atoms with Crippen LogP contribution >= 0.6 is 0 Å². The number of quaternary nitrogens is 1. The van der Waals surface area contributed by atoms with E-state index in [0.717, 1.165) is 23.6 Å². The van der Waals surface area contributed by atoms with Gasteiger partial charge in [-0.3, -0.25) is 9.13 Å². The molecule has 1 aliphatic carbocycles. The zero-order valence-electron chi connectivity index (χ0n) is 13.1. The molecule has 0 saturated heterocycles. The van der Waals surface area contributed by atoms with E-state index < -0.39 is 0 Å². The zero-order chi connectivity index (χ0) is 14.8. The normalized spacial score (nSPS) is 17.2. The maximum Gasteiger partial charge on any atom is 0.328 e. The number of nitrogens with two attached hydrogens (primary N) is 1. The van der Waals surface area contributed by atoms with Gasteiger partial charge in [0.25, 0.3) is 0 Å². The summed E-state index contributed by atoms with van der Waals surface area (Å²) in [4.78, 5) is 12.0. The molecule has 0 amide bonds. The van der Waals surface area contributed by atoms with Crippen LogP contribution in [0.25, 0.3) is 11.0 Å². The van der Waals surface area contributed by atoms with Crippen molar-refractivity contribution in [3.8, 4) is 0 Å². The smallest absolute Gasteiger partial charge is 0.328 e. The van der Waals surface area contributed by atoms with Crippen LogP contribution in [-0.4, -0.2) is 15.2 Å². The van der Waals surface area contributed by atoms with Gasteiger partial charge >= 0.3 is 5.69 Å². The predicted molar refractivity (Wildman–Crippen MR) is 85.3 cm³/mol. The van der Waals surface area contributed by atoms with Crippen LogP contribution < -0.4 is 11.0 Å². The molecule has 0 bridgehead atoms. The fraction of sp³-hybridized carbons (Fsp3) is 0.588. The Labute approximate surface area is 125 Å². The summed E-state index contributed by atoms with van der Waals surface area (Å²) >= 11 is 0. The summed E-state index contributed by atoms with van der Waals surface area (Å²) in [7, 11) is 3.69. The van der Waals surface area contributed by atoms with E-state index in [0.29, 0.717) is 0 Å². The lowest BCUT2D eigenvalue weighted by Gasteiger charge is -2.13. The van der Waals surface area contributed by atoms with Gasteiger partial charge in [-0.2, -0.15) is 0 Å². The summed E-state index contributed by atoms with van der Waals surface area (Å²) in [5, 5.41) is 2.49. The van der Waals surface area contributed by atoms with Crippen molar-refractivity contribution in [3.05, 3.63) is 34.2 Å². The number of benzene rings is 1. The van der Waals surface area contributed by atoms with E-state index in [2.05, 4.69) is 23.5 Å². The molecule has 1 aromatic heterocycles. The molecule has 114 valence electrons. The first-order valence-corrected chi connectivity index (χ1v) is 8.14. The van der Waals surface area contributed by atoms with E-state index in [1.165, 1.54) is 44.1 Å². The summed E-state index contributed by atoms with van der Waals surface area (Å²) in [5.41, 5.74) is 3.41. The van der Waals surface area contributed by atoms with Crippen molar-refractivity contribution in [2.24, 2.45) is 14.1 Å². The predicted octanol–water partition coefficient (Wildman–Crippen LogP) is 1.66. The quantitative estimate of drug-likeness (QED) is 0.858. The first-order valence-electron chi connectivity index (χ1n) is 8.14. The third kappa shape index (κ3) is 2.91. The Morgan fingerprint density at radius 2 is 1.71 bits per heavy atom. The van der Waals surface area contributed by atoms with Crippen LogP contribution in [0.3, 0.4) is 0 Å². The van der Waals surface area contributed by atoms with Crippen LogP contribution in [0.5, 0.6) is 0 Å². The molecule has 0 atom stereocenters. The summed E-state index contributed by atoms with van der Waals surface area (Å²) < 4.78 is 3.46. The van der Waals surface area contributed by atoms with Crippen molar-refractivity contribution in [2.75, 3.05) is 0 Å². The van der Waals surface area contributed by atoms with Crippen molar-refractivity contribution >= 4 is 11.0 Å². The Balaban J connectivity index is 1.75. The third-order valence-electron chi connectivity index (χ3n) is 4.92. The monoisotopic (exact) mass is 288 g/mol. The standard InChI is InChI=1S/C17H25N3O/c1-19-15-10-9-13(11-16(15)20(2)17(19)21)12-18-14-7-5-3-4-6-8-14/h9-11,14,18H,3-8,12H2,1-2H3/p+1. The SMILES string of the molecule is Cn1c(=O)n(C)c2cc(C[NH2+]C3CCCCCC3)ccc21. The van der Waals surface area contributed by atoms with Gasteiger partial charge in [0.05, 0.1) is 17.1 Å². The van der Waals surface area contributed by atoms with Gasteiger partial charge in [0.15, 0.2) is 0 Å². The Hall–Kier alpha value is -1.55. The van der Waals surface area contributed by atoms with E-state index in [1.807, 2.05) is 14.1 Å². The van der Waals surface area contributed by atoms with Crippen molar-refractivity contribution < 1.29 is 5.32 Å². The van der Waals surface area contributed by atoms with E-state index in [4.69, 9.17) is 0 Å². The summed E-state index contributed by atoms with van der Waals surface area (Å²) in [6, 6.07) is 7.19. The van der Waals surface area contributed by atoms with Crippen LogP contribution in [0.1, 0.15) is 44.1 Å². The second-order valence-corrected chi connectivity index (χ2v) is 6.42. The van der Waals surface area contributed by atoms with Gasteiger partial charge in [-0.15, -0.1) is 0 Å². The van der Waals surface area contributed by atoms with E-state index in [1.54, 1.807) is 9.13 Å². The van der Waals surface area contributed by atoms with Crippen molar-refractivity contribution in [3.63, 3.8) is 0 Å². The molecular formula is C17H26N3O+. The van der Waals surface area contributed by atoms with Gasteiger partial charge in [0.1, 0.15) is 6.54 Å². The molecule has 1 aliphatic rings. The minimum absolute atomic E-state index is 0.0508. The maximum absolute atomic E-state index is 12.0. The molecule has 2 N–H and O–H groups in total. The number of aryl methyl sites for hydroxylation is 2. The van der Waals surface area contributed by atoms with E-state index >= 15 is 0 Å². The number of fused-ring (bicyclic) bond motifs is 1. The average Bonchev–Trinajstić information content (AvgIpc) is 2.73. The van der Waals surface area contributed by atoms with Gasteiger partial charge < -0.3 is 5.32 Å². The largest absolute Gasteiger partial charge is 0.340 e. The molecule has 3 rings (SSSR count). The number of aromatic nitrogens is 2. The highest BCUT2D eigenvalue weighted by Crippen LogP contribution is 2.16. The third-order valence-corrected chi connectivity index (χ3v) is 4.92. The molecular weight excluding hydrogens is 262 g/mol. The first-order chi connectivity index (χ1) is 10.2. The molecule has 21 heavy (non-hydrogen) atoms. The van der Waals surface area contributed by atoms with Gasteiger partial charge in [0.2, 0.25) is 0 Å². The van der Waals surface area contributed by atoms with Crippen molar-refractivity contribution in [2.45, 2.75) is 51.1 Å². The van der Waals surface area contributed by atoms with Crippen LogP contribution in [0.15, 0.2) is 23.0 Å².